The van der Waals surface area contributed by atoms with Gasteiger partial charge in [0.1, 0.15) is 24.9 Å². The number of nitrogens with zero attached hydrogens (tertiary/aromatic N) is 2. The van der Waals surface area contributed by atoms with Crippen molar-refractivity contribution < 1.29 is 18.5 Å². The number of nitrogens with one attached hydrogen (secondary N) is 2. The van der Waals surface area contributed by atoms with E-state index in [4.69, 9.17) is 4.42 Å². The van der Waals surface area contributed by atoms with Gasteiger partial charge >= 0.3 is 5.76 Å². The normalized spacial score (nSPS) is 12.1. The molecule has 3 aromatic rings. The number of rotatable bonds is 7. The summed E-state index contributed by atoms with van der Waals surface area (Å²) < 4.78 is 19.1. The van der Waals surface area contributed by atoms with Crippen molar-refractivity contribution in [3.8, 4) is 11.5 Å². The first-order valence-electron chi connectivity index (χ1n) is 8.89. The first-order valence-corrected chi connectivity index (χ1v) is 8.89. The molecule has 1 atom stereocenters. The molecule has 0 bridgehead atoms. The third-order valence-corrected chi connectivity index (χ3v) is 4.14. The Labute approximate surface area is 161 Å². The molecule has 0 radical (unpaired) electrons. The lowest BCUT2D eigenvalue weighted by atomic mass is 10.1. The number of carbonyl (C=O) groups is 1. The monoisotopic (exact) mass is 385 g/mol. The van der Waals surface area contributed by atoms with Crippen LogP contribution in [-0.4, -0.2) is 36.3 Å². The van der Waals surface area contributed by atoms with Crippen LogP contribution in [0.5, 0.6) is 0 Å². The van der Waals surface area contributed by atoms with Gasteiger partial charge in [0, 0.05) is 5.56 Å². The lowest BCUT2D eigenvalue weighted by molar-refractivity contribution is -0.860. The van der Waals surface area contributed by atoms with Gasteiger partial charge in [-0.3, -0.25) is 4.79 Å². The molecule has 146 valence electrons. The molecule has 0 fully saturated rings. The van der Waals surface area contributed by atoms with Crippen LogP contribution in [0.2, 0.25) is 0 Å². The summed E-state index contributed by atoms with van der Waals surface area (Å²) in [5.74, 6) is -1.46. The maximum Gasteiger partial charge on any atom is 0.437 e. The molecule has 3 rings (SSSR count). The zero-order chi connectivity index (χ0) is 20.1. The van der Waals surface area contributed by atoms with E-state index in [1.165, 1.54) is 29.2 Å². The van der Waals surface area contributed by atoms with Gasteiger partial charge in [0.2, 0.25) is 11.8 Å². The summed E-state index contributed by atoms with van der Waals surface area (Å²) in [6.45, 7) is 0.417. The highest BCUT2D eigenvalue weighted by molar-refractivity contribution is 5.76. The van der Waals surface area contributed by atoms with Crippen molar-refractivity contribution in [2.75, 3.05) is 20.6 Å². The third kappa shape index (κ3) is 4.92. The predicted molar refractivity (Wildman–Crippen MR) is 101 cm³/mol. The van der Waals surface area contributed by atoms with Gasteiger partial charge in [-0.2, -0.15) is 4.68 Å². The number of hydrogen-bond acceptors (Lipinski definition) is 4. The summed E-state index contributed by atoms with van der Waals surface area (Å²) in [5.41, 5.74) is 1.44. The van der Waals surface area contributed by atoms with E-state index in [9.17, 15) is 14.0 Å². The minimum atomic E-state index is -0.746. The summed E-state index contributed by atoms with van der Waals surface area (Å²) in [4.78, 5) is 25.7. The third-order valence-electron chi connectivity index (χ3n) is 4.14. The van der Waals surface area contributed by atoms with Gasteiger partial charge in [0.05, 0.1) is 14.1 Å². The Balaban J connectivity index is 1.73. The number of likely N-dealkylation sites (N-methyl/N-ethyl adjacent to an activating group) is 1. The molecule has 7 nitrogen and oxygen atoms in total. The number of quaternary nitrogens is 1. The molecule has 0 aliphatic carbocycles. The van der Waals surface area contributed by atoms with E-state index in [0.29, 0.717) is 12.1 Å². The zero-order valence-corrected chi connectivity index (χ0v) is 15.7. The first kappa shape index (κ1) is 19.5. The molecule has 1 heterocycles. The molecular weight excluding hydrogens is 363 g/mol. The van der Waals surface area contributed by atoms with E-state index in [1.54, 1.807) is 0 Å². The Morgan fingerprint density at radius 3 is 2.50 bits per heavy atom. The minimum Gasteiger partial charge on any atom is -0.388 e. The van der Waals surface area contributed by atoms with E-state index in [0.717, 1.165) is 10.2 Å². The Morgan fingerprint density at radius 1 is 1.18 bits per heavy atom. The van der Waals surface area contributed by atoms with Crippen LogP contribution in [0, 0.1) is 5.82 Å². The molecule has 0 spiro atoms. The largest absolute Gasteiger partial charge is 0.437 e. The van der Waals surface area contributed by atoms with Crippen molar-refractivity contribution in [2.45, 2.75) is 12.6 Å². The smallest absolute Gasteiger partial charge is 0.388 e. The fraction of sp³-hybridized carbons (Fsp3) is 0.250. The van der Waals surface area contributed by atoms with Crippen LogP contribution in [0.3, 0.4) is 0 Å². The fourth-order valence-corrected chi connectivity index (χ4v) is 2.84. The number of benzene rings is 2. The van der Waals surface area contributed by atoms with Gasteiger partial charge in [0.25, 0.3) is 0 Å². The number of amides is 1. The maximum atomic E-state index is 13.0. The Morgan fingerprint density at radius 2 is 1.86 bits per heavy atom. The summed E-state index contributed by atoms with van der Waals surface area (Å²) in [6, 6.07) is 14.8. The molecular formula is C20H22FN4O3+. The van der Waals surface area contributed by atoms with Crippen LogP contribution in [0.25, 0.3) is 11.5 Å². The van der Waals surface area contributed by atoms with Crippen molar-refractivity contribution in [1.82, 2.24) is 15.1 Å². The van der Waals surface area contributed by atoms with Crippen molar-refractivity contribution in [3.63, 3.8) is 0 Å². The molecule has 28 heavy (non-hydrogen) atoms. The molecule has 0 unspecified atom stereocenters. The number of halogens is 1. The van der Waals surface area contributed by atoms with Gasteiger partial charge in [0.15, 0.2) is 0 Å². The lowest BCUT2D eigenvalue weighted by Gasteiger charge is -2.20. The molecule has 0 aliphatic rings. The number of hydrogen-bond donors (Lipinski definition) is 2. The molecule has 0 saturated carbocycles. The molecule has 0 aliphatic heterocycles. The van der Waals surface area contributed by atoms with Gasteiger partial charge in [-0.1, -0.05) is 30.3 Å². The van der Waals surface area contributed by atoms with E-state index in [2.05, 4.69) is 10.4 Å². The van der Waals surface area contributed by atoms with Gasteiger partial charge in [-0.15, -0.1) is 5.10 Å². The van der Waals surface area contributed by atoms with Crippen LogP contribution in [0.1, 0.15) is 11.6 Å². The minimum absolute atomic E-state index is 0.0372. The standard InChI is InChI=1S/C20H21FN4O3/c1-24(2)12-17(14-6-4-3-5-7-14)22-18(26)13-25-20(27)28-19(23-25)15-8-10-16(21)11-9-15/h3-11,17H,12-13H2,1-2H3,(H,22,26)/p+1/t17-/m1/s1. The van der Waals surface area contributed by atoms with Gasteiger partial charge in [-0.05, 0) is 29.8 Å². The van der Waals surface area contributed by atoms with Crippen molar-refractivity contribution in [2.24, 2.45) is 0 Å². The van der Waals surface area contributed by atoms with Crippen molar-refractivity contribution in [3.05, 3.63) is 76.5 Å². The molecule has 1 amide bonds. The molecule has 1 aromatic heterocycles. The van der Waals surface area contributed by atoms with Crippen LogP contribution < -0.4 is 16.0 Å². The molecule has 2 N–H and O–H groups in total. The van der Waals surface area contributed by atoms with Crippen LogP contribution >= 0.6 is 0 Å². The predicted octanol–water partition coefficient (Wildman–Crippen LogP) is 0.644. The highest BCUT2D eigenvalue weighted by atomic mass is 19.1. The summed E-state index contributed by atoms with van der Waals surface area (Å²) >= 11 is 0. The maximum absolute atomic E-state index is 13.0. The SMILES string of the molecule is C[NH+](C)C[C@@H](NC(=O)Cn1nc(-c2ccc(F)cc2)oc1=O)c1ccccc1. The number of aromatic nitrogens is 2. The number of carbonyl (C=O) groups excluding carboxylic acids is 1. The van der Waals surface area contributed by atoms with Crippen LogP contribution in [-0.2, 0) is 11.3 Å². The topological polar surface area (TPSA) is 81.6 Å². The fourth-order valence-electron chi connectivity index (χ4n) is 2.84. The van der Waals surface area contributed by atoms with E-state index in [-0.39, 0.29) is 24.4 Å². The molecule has 2 aromatic carbocycles. The molecule has 8 heteroatoms. The Hall–Kier alpha value is -3.26. The molecule has 0 saturated heterocycles. The first-order chi connectivity index (χ1) is 13.4. The average molecular weight is 385 g/mol. The second kappa shape index (κ2) is 8.62. The highest BCUT2D eigenvalue weighted by Crippen LogP contribution is 2.15. The second-order valence-electron chi connectivity index (χ2n) is 6.78. The summed E-state index contributed by atoms with van der Waals surface area (Å²) in [5, 5.41) is 6.99. The summed E-state index contributed by atoms with van der Waals surface area (Å²) in [7, 11) is 4.00. The quantitative estimate of drug-likeness (QED) is 0.626. The highest BCUT2D eigenvalue weighted by Gasteiger charge is 2.19. The Kier molecular flexibility index (Phi) is 6.00. The lowest BCUT2D eigenvalue weighted by Crippen LogP contribution is -3.06. The second-order valence-corrected chi connectivity index (χ2v) is 6.78. The van der Waals surface area contributed by atoms with E-state index in [1.807, 2.05) is 44.4 Å². The van der Waals surface area contributed by atoms with E-state index >= 15 is 0 Å². The zero-order valence-electron chi connectivity index (χ0n) is 15.7. The Bertz CT molecular complexity index is 981. The summed E-state index contributed by atoms with van der Waals surface area (Å²) in [6.07, 6.45) is 0. The van der Waals surface area contributed by atoms with Crippen LogP contribution in [0.15, 0.2) is 63.8 Å². The van der Waals surface area contributed by atoms with E-state index < -0.39 is 11.6 Å². The van der Waals surface area contributed by atoms with Gasteiger partial charge in [-0.25, -0.2) is 9.18 Å². The average Bonchev–Trinajstić information content (AvgIpc) is 3.02. The van der Waals surface area contributed by atoms with Gasteiger partial charge < -0.3 is 14.6 Å². The van der Waals surface area contributed by atoms with Crippen molar-refractivity contribution >= 4 is 5.91 Å². The van der Waals surface area contributed by atoms with Crippen LogP contribution in [0.4, 0.5) is 4.39 Å². The van der Waals surface area contributed by atoms with Crippen molar-refractivity contribution in [1.29, 1.82) is 0 Å².